The standard InChI is InChI=1S/C30H29ClF3NO3.2C2H6.CH2O2/c1-6-24(37-19(2)3)10-8-7-9-20(4)18-35-21(5)28(29(36)22-11-13-23(31)14-12-22)26-16-15-25(17-27(26)35)38-30(32,33)34;2*1-2;2-1-3/h6-7,9-17,19H,18H2,1-5H3;2*1-2H3;1H,(H,2,3)/b20-9+,24-6+;;;. The number of allylic oxidation sites excluding steroid dienone is 4. The number of nitrogens with zero attached hydrogens (tertiary/aromatic N) is 1. The van der Waals surface area contributed by atoms with Gasteiger partial charge in [0, 0.05) is 40.4 Å². The maximum atomic E-state index is 13.5. The Kier molecular flexibility index (Phi) is 18.8. The van der Waals surface area contributed by atoms with Crippen molar-refractivity contribution in [1.29, 1.82) is 0 Å². The lowest BCUT2D eigenvalue weighted by Gasteiger charge is -2.11. The summed E-state index contributed by atoms with van der Waals surface area (Å²) in [5.74, 6) is 0.0840. The Hall–Kier alpha value is -4.20. The molecular weight excluding hydrogens is 607 g/mol. The van der Waals surface area contributed by atoms with Crippen molar-refractivity contribution >= 4 is 34.8 Å². The molecule has 0 aliphatic rings. The average molecular weight is 650 g/mol. The monoisotopic (exact) mass is 649 g/mol. The number of carbonyl (C=O) groups is 2. The van der Waals surface area contributed by atoms with E-state index in [0.29, 0.717) is 45.1 Å². The maximum absolute atomic E-state index is 13.5. The molecule has 0 unspecified atom stereocenters. The molecule has 1 N–H and O–H groups in total. The third-order valence-electron chi connectivity index (χ3n) is 5.62. The van der Waals surface area contributed by atoms with Crippen molar-refractivity contribution in [3.05, 3.63) is 106 Å². The minimum absolute atomic E-state index is 0.0394. The van der Waals surface area contributed by atoms with E-state index in [2.05, 4.69) is 10.5 Å². The minimum atomic E-state index is -4.83. The summed E-state index contributed by atoms with van der Waals surface area (Å²) < 4.78 is 50.4. The van der Waals surface area contributed by atoms with E-state index in [0.717, 1.165) is 5.57 Å². The Morgan fingerprint density at radius 1 is 1.09 bits per heavy atom. The number of aromatic nitrogens is 1. The third-order valence-corrected chi connectivity index (χ3v) is 5.87. The molecule has 0 saturated carbocycles. The van der Waals surface area contributed by atoms with Gasteiger partial charge in [-0.15, -0.1) is 18.9 Å². The molecule has 2 aromatic carbocycles. The minimum Gasteiger partial charge on any atom is -0.491 e. The molecule has 0 fully saturated rings. The summed E-state index contributed by atoms with van der Waals surface area (Å²) in [7, 11) is 0. The second-order valence-corrected chi connectivity index (χ2v) is 9.50. The molecule has 3 rings (SSSR count). The fourth-order valence-corrected chi connectivity index (χ4v) is 4.10. The Bertz CT molecular complexity index is 1490. The number of hydrogen-bond donors (Lipinski definition) is 1. The number of alkyl halides is 3. The summed E-state index contributed by atoms with van der Waals surface area (Å²) in [6.45, 7) is 17.5. The van der Waals surface area contributed by atoms with Gasteiger partial charge < -0.3 is 19.1 Å². The van der Waals surface area contributed by atoms with Crippen molar-refractivity contribution in [2.45, 2.75) is 81.3 Å². The van der Waals surface area contributed by atoms with Crippen LogP contribution in [0.5, 0.6) is 5.75 Å². The van der Waals surface area contributed by atoms with Gasteiger partial charge in [-0.05, 0) is 83.2 Å². The highest BCUT2D eigenvalue weighted by Gasteiger charge is 2.31. The van der Waals surface area contributed by atoms with E-state index < -0.39 is 6.36 Å². The van der Waals surface area contributed by atoms with Crippen LogP contribution in [-0.4, -0.2) is 34.4 Å². The number of benzene rings is 2. The quantitative estimate of drug-likeness (QED) is 0.0820. The Morgan fingerprint density at radius 3 is 2.18 bits per heavy atom. The maximum Gasteiger partial charge on any atom is 0.573 e. The van der Waals surface area contributed by atoms with E-state index >= 15 is 0 Å². The lowest BCUT2D eigenvalue weighted by Crippen LogP contribution is -2.17. The normalized spacial score (nSPS) is 11.1. The lowest BCUT2D eigenvalue weighted by molar-refractivity contribution is -0.274. The topological polar surface area (TPSA) is 77.8 Å². The van der Waals surface area contributed by atoms with Gasteiger partial charge in [0.15, 0.2) is 5.78 Å². The van der Waals surface area contributed by atoms with Crippen molar-refractivity contribution in [1.82, 2.24) is 4.57 Å². The molecule has 0 radical (unpaired) electrons. The molecule has 3 aromatic rings. The number of fused-ring (bicyclic) bond motifs is 1. The predicted octanol–water partition coefficient (Wildman–Crippen LogP) is 10.5. The van der Waals surface area contributed by atoms with Gasteiger partial charge in [-0.3, -0.25) is 9.59 Å². The van der Waals surface area contributed by atoms with Gasteiger partial charge in [-0.25, -0.2) is 0 Å². The zero-order valence-corrected chi connectivity index (χ0v) is 28.0. The Morgan fingerprint density at radius 2 is 1.67 bits per heavy atom. The first-order valence-corrected chi connectivity index (χ1v) is 14.9. The Balaban J connectivity index is 0.00000256. The summed E-state index contributed by atoms with van der Waals surface area (Å²) in [6, 6.07) is 10.5. The van der Waals surface area contributed by atoms with Crippen molar-refractivity contribution in [3.8, 4) is 5.75 Å². The van der Waals surface area contributed by atoms with Crippen LogP contribution in [0.3, 0.4) is 0 Å². The van der Waals surface area contributed by atoms with Gasteiger partial charge in [0.1, 0.15) is 11.5 Å². The fraction of sp³-hybridized carbons (Fsp3) is 0.343. The summed E-state index contributed by atoms with van der Waals surface area (Å²) in [5.41, 5.74) is 5.86. The molecule has 1 aromatic heterocycles. The van der Waals surface area contributed by atoms with Crippen molar-refractivity contribution in [2.24, 2.45) is 0 Å². The number of ether oxygens (including phenoxy) is 2. The van der Waals surface area contributed by atoms with Gasteiger partial charge in [0.25, 0.3) is 6.47 Å². The number of hydrogen-bond acceptors (Lipinski definition) is 4. The van der Waals surface area contributed by atoms with Crippen molar-refractivity contribution < 1.29 is 37.3 Å². The average Bonchev–Trinajstić information content (AvgIpc) is 3.26. The SMILES string of the molecule is C/C=C(\C=C=C/C=C(\C)Cn1c(C)c(C(=O)c2ccc(Cl)cc2)c2ccc(OC(F)(F)F)cc21)OC(C)C.CC.CC.O=CO. The van der Waals surface area contributed by atoms with E-state index in [-0.39, 0.29) is 24.1 Å². The molecule has 0 aliphatic carbocycles. The molecular formula is C35H43ClF3NO5. The molecule has 0 spiro atoms. The lowest BCUT2D eigenvalue weighted by atomic mass is 10.0. The van der Waals surface area contributed by atoms with Crippen LogP contribution in [0.4, 0.5) is 13.2 Å². The summed E-state index contributed by atoms with van der Waals surface area (Å²) in [5, 5.41) is 7.92. The van der Waals surface area contributed by atoms with E-state index in [4.69, 9.17) is 26.2 Å². The first-order chi connectivity index (χ1) is 21.3. The molecule has 10 heteroatoms. The molecule has 1 heterocycles. The van der Waals surface area contributed by atoms with E-state index in [1.165, 1.54) is 18.2 Å². The molecule has 0 atom stereocenters. The first kappa shape index (κ1) is 40.8. The van der Waals surface area contributed by atoms with Crippen molar-refractivity contribution in [2.75, 3.05) is 0 Å². The van der Waals surface area contributed by atoms with Crippen LogP contribution in [0.15, 0.2) is 83.8 Å². The second-order valence-electron chi connectivity index (χ2n) is 9.06. The predicted molar refractivity (Wildman–Crippen MR) is 176 cm³/mol. The molecule has 6 nitrogen and oxygen atoms in total. The zero-order chi connectivity index (χ0) is 34.7. The summed E-state index contributed by atoms with van der Waals surface area (Å²) in [6.07, 6.45) is 2.36. The third kappa shape index (κ3) is 13.5. The smallest absolute Gasteiger partial charge is 0.491 e. The van der Waals surface area contributed by atoms with Gasteiger partial charge in [-0.2, -0.15) is 0 Å². The van der Waals surface area contributed by atoms with Crippen LogP contribution in [0.2, 0.25) is 5.02 Å². The van der Waals surface area contributed by atoms with E-state index in [9.17, 15) is 18.0 Å². The Labute approximate surface area is 269 Å². The summed E-state index contributed by atoms with van der Waals surface area (Å²) >= 11 is 5.97. The van der Waals surface area contributed by atoms with Gasteiger partial charge in [0.05, 0.1) is 17.2 Å². The second kappa shape index (κ2) is 20.7. The molecule has 246 valence electrons. The zero-order valence-electron chi connectivity index (χ0n) is 27.3. The molecule has 0 saturated heterocycles. The largest absolute Gasteiger partial charge is 0.573 e. The number of carbonyl (C=O) groups excluding carboxylic acids is 1. The van der Waals surface area contributed by atoms with E-state index in [1.54, 1.807) is 43.3 Å². The summed E-state index contributed by atoms with van der Waals surface area (Å²) in [4.78, 5) is 21.8. The van der Waals surface area contributed by atoms with Crippen LogP contribution >= 0.6 is 11.6 Å². The number of ketones is 1. The number of halogens is 4. The van der Waals surface area contributed by atoms with Crippen LogP contribution < -0.4 is 4.74 Å². The fourth-order valence-electron chi connectivity index (χ4n) is 3.97. The van der Waals surface area contributed by atoms with Crippen molar-refractivity contribution in [3.63, 3.8) is 0 Å². The van der Waals surface area contributed by atoms with Gasteiger partial charge >= 0.3 is 6.36 Å². The number of rotatable bonds is 9. The first-order valence-electron chi connectivity index (χ1n) is 14.5. The molecule has 0 amide bonds. The number of carboxylic acid groups (broad SMARTS) is 1. The highest BCUT2D eigenvalue weighted by atomic mass is 35.5. The molecule has 0 aliphatic heterocycles. The molecule has 45 heavy (non-hydrogen) atoms. The van der Waals surface area contributed by atoms with Crippen LogP contribution in [0, 0.1) is 6.92 Å². The van der Waals surface area contributed by atoms with Crippen LogP contribution in [0.25, 0.3) is 10.9 Å². The van der Waals surface area contributed by atoms with Crippen LogP contribution in [0.1, 0.15) is 77.0 Å². The highest BCUT2D eigenvalue weighted by Crippen LogP contribution is 2.33. The highest BCUT2D eigenvalue weighted by molar-refractivity contribution is 6.30. The molecule has 0 bridgehead atoms. The van der Waals surface area contributed by atoms with Gasteiger partial charge in [-0.1, -0.05) is 50.9 Å². The van der Waals surface area contributed by atoms with E-state index in [1.807, 2.05) is 72.1 Å². The van der Waals surface area contributed by atoms with Gasteiger partial charge in [0.2, 0.25) is 0 Å². The van der Waals surface area contributed by atoms with Crippen LogP contribution in [-0.2, 0) is 16.1 Å².